The van der Waals surface area contributed by atoms with Crippen LogP contribution in [0.5, 0.6) is 0 Å². The van der Waals surface area contributed by atoms with Gasteiger partial charge in [0.2, 0.25) is 12.2 Å². The molecular weight excluding hydrogens is 648 g/mol. The van der Waals surface area contributed by atoms with E-state index in [-0.39, 0.29) is 32.0 Å². The molecule has 284 valence electrons. The number of aromatic nitrogens is 1. The minimum Gasteiger partial charge on any atom is -0.444 e. The molecule has 0 atom stereocenters. The number of guanidine groups is 1. The summed E-state index contributed by atoms with van der Waals surface area (Å²) in [6, 6.07) is 3.65. The first-order chi connectivity index (χ1) is 24.2. The number of ether oxygens (including phenoxy) is 7. The zero-order valence-electron chi connectivity index (χ0n) is 30.7. The van der Waals surface area contributed by atoms with Gasteiger partial charge in [0.1, 0.15) is 12.2 Å². The average Bonchev–Trinajstić information content (AvgIpc) is 3.07. The summed E-state index contributed by atoms with van der Waals surface area (Å²) in [5.41, 5.74) is 6.41. The van der Waals surface area contributed by atoms with E-state index >= 15 is 0 Å². The van der Waals surface area contributed by atoms with E-state index in [1.807, 2.05) is 37.8 Å². The molecule has 0 aromatic carbocycles. The van der Waals surface area contributed by atoms with Crippen LogP contribution in [0.1, 0.15) is 85.0 Å². The van der Waals surface area contributed by atoms with Gasteiger partial charge in [-0.1, -0.05) is 51.4 Å². The number of anilines is 1. The molecule has 0 bridgehead atoms. The normalized spacial score (nSPS) is 11.5. The quantitative estimate of drug-likeness (QED) is 0.0303. The predicted molar refractivity (Wildman–Crippen MR) is 188 cm³/mol. The fourth-order valence-corrected chi connectivity index (χ4v) is 4.55. The number of carbonyl (C=O) groups excluding carboxylic acids is 2. The molecule has 0 fully saturated rings. The summed E-state index contributed by atoms with van der Waals surface area (Å²) in [5.74, 6) is 0.132. The second-order valence-electron chi connectivity index (χ2n) is 12.5. The number of carbonyl (C=O) groups is 2. The summed E-state index contributed by atoms with van der Waals surface area (Å²) in [5, 5.41) is 11.8. The smallest absolute Gasteiger partial charge is 0.444 e. The summed E-state index contributed by atoms with van der Waals surface area (Å²) < 4.78 is 38.0. The Morgan fingerprint density at radius 1 is 0.820 bits per heavy atom. The number of nitrogens with two attached hydrogens (primary N) is 1. The van der Waals surface area contributed by atoms with Crippen molar-refractivity contribution in [2.24, 2.45) is 10.7 Å². The molecule has 50 heavy (non-hydrogen) atoms. The van der Waals surface area contributed by atoms with Crippen LogP contribution in [-0.4, -0.2) is 96.9 Å². The van der Waals surface area contributed by atoms with E-state index in [9.17, 15) is 9.59 Å². The van der Waals surface area contributed by atoms with Crippen molar-refractivity contribution < 1.29 is 47.3 Å². The molecule has 0 aliphatic rings. The lowest BCUT2D eigenvalue weighted by Crippen LogP contribution is -2.40. The van der Waals surface area contributed by atoms with E-state index in [2.05, 4.69) is 10.3 Å². The average molecular weight is 710 g/mol. The van der Waals surface area contributed by atoms with Gasteiger partial charge in [-0.2, -0.15) is 9.83 Å². The number of amides is 1. The Labute approximate surface area is 298 Å². The molecule has 0 saturated heterocycles. The molecule has 1 aromatic rings. The maximum Gasteiger partial charge on any atom is 0.513 e. The third-order valence-corrected chi connectivity index (χ3v) is 7.06. The molecule has 0 radical (unpaired) electrons. The number of nitrogens with one attached hydrogen (secondary N) is 1. The Bertz CT molecular complexity index is 1090. The van der Waals surface area contributed by atoms with E-state index in [1.165, 1.54) is 25.7 Å². The minimum absolute atomic E-state index is 0.0344. The van der Waals surface area contributed by atoms with Crippen LogP contribution in [0.25, 0.3) is 0 Å². The van der Waals surface area contributed by atoms with E-state index in [4.69, 9.17) is 44.2 Å². The lowest BCUT2D eigenvalue weighted by molar-refractivity contribution is -0.727. The molecule has 1 amide bonds. The van der Waals surface area contributed by atoms with Gasteiger partial charge in [0.25, 0.3) is 6.73 Å². The van der Waals surface area contributed by atoms with Crippen molar-refractivity contribution in [1.29, 1.82) is 5.26 Å². The fraction of sp³-hybridized carbons (Fsp3) is 0.743. The van der Waals surface area contributed by atoms with Crippen molar-refractivity contribution in [2.45, 2.75) is 97.3 Å². The largest absolute Gasteiger partial charge is 0.513 e. The van der Waals surface area contributed by atoms with Crippen LogP contribution >= 0.6 is 0 Å². The molecule has 0 unspecified atom stereocenters. The maximum absolute atomic E-state index is 11.9. The van der Waals surface area contributed by atoms with Gasteiger partial charge in [-0.25, -0.2) is 9.59 Å². The van der Waals surface area contributed by atoms with Gasteiger partial charge in [-0.3, -0.25) is 0 Å². The third kappa shape index (κ3) is 25.3. The molecule has 15 heteroatoms. The van der Waals surface area contributed by atoms with Crippen molar-refractivity contribution in [2.75, 3.05) is 78.0 Å². The third-order valence-electron chi connectivity index (χ3n) is 7.06. The summed E-state index contributed by atoms with van der Waals surface area (Å²) in [6.07, 6.45) is 15.2. The zero-order chi connectivity index (χ0) is 36.7. The highest BCUT2D eigenvalue weighted by atomic mass is 16.7. The van der Waals surface area contributed by atoms with Gasteiger partial charge in [0.15, 0.2) is 12.4 Å². The zero-order valence-corrected chi connectivity index (χ0v) is 30.7. The van der Waals surface area contributed by atoms with E-state index < -0.39 is 11.8 Å². The lowest BCUT2D eigenvalue weighted by atomic mass is 10.1. The minimum atomic E-state index is -0.800. The van der Waals surface area contributed by atoms with Crippen LogP contribution in [0.4, 0.5) is 15.3 Å². The van der Waals surface area contributed by atoms with E-state index in [0.29, 0.717) is 52.7 Å². The molecule has 15 nitrogen and oxygen atoms in total. The predicted octanol–water partition coefficient (Wildman–Crippen LogP) is 4.81. The van der Waals surface area contributed by atoms with Gasteiger partial charge < -0.3 is 49.1 Å². The maximum atomic E-state index is 11.9. The number of pyridine rings is 1. The Kier molecular flexibility index (Phi) is 25.8. The SMILES string of the molecule is COCCOCCOCCOCCOC(=O)OC[n+]1ccc(N(CCCCCCCCCCCCNC(=O)OC(C)(C)C)C(N)=NC#N)cc1. The molecule has 1 aromatic heterocycles. The Morgan fingerprint density at radius 3 is 1.88 bits per heavy atom. The number of unbranched alkanes of at least 4 members (excludes halogenated alkanes) is 9. The molecule has 3 N–H and O–H groups in total. The second-order valence-corrected chi connectivity index (χ2v) is 12.5. The summed E-state index contributed by atoms with van der Waals surface area (Å²) in [4.78, 5) is 29.1. The highest BCUT2D eigenvalue weighted by Crippen LogP contribution is 2.15. The molecular formula is C35H61N6O9+. The molecule has 1 rings (SSSR count). The fourth-order valence-electron chi connectivity index (χ4n) is 4.55. The van der Waals surface area contributed by atoms with Gasteiger partial charge in [0, 0.05) is 32.3 Å². The van der Waals surface area contributed by atoms with Crippen LogP contribution in [0.3, 0.4) is 0 Å². The highest BCUT2D eigenvalue weighted by Gasteiger charge is 2.16. The number of nitrogens with zero attached hydrogens (tertiary/aromatic N) is 4. The number of nitriles is 1. The first kappa shape index (κ1) is 44.3. The monoisotopic (exact) mass is 709 g/mol. The second kappa shape index (κ2) is 29.1. The Balaban J connectivity index is 2.19. The first-order valence-corrected chi connectivity index (χ1v) is 17.6. The molecule has 0 saturated carbocycles. The number of hydrogen-bond donors (Lipinski definition) is 2. The number of aliphatic imine (C=N–C) groups is 1. The van der Waals surface area contributed by atoms with Gasteiger partial charge in [0.05, 0.1) is 51.9 Å². The standard InChI is InChI=1S/C35H60N6O9/c1-35(2,3)50-33(42)38-17-13-11-9-7-5-6-8-10-12-14-18-41(32(37)39-29-36)31-15-19-40(20-16-31)30-49-34(43)48-28-27-47-26-25-46-24-23-45-22-21-44-4/h15-16,19-20H,5-14,17-18,21-28,30H2,1-4H3,(H2-,37,38,39,42)/p+1. The topological polar surface area (TPSA) is 180 Å². The van der Waals surface area contributed by atoms with Crippen LogP contribution in [0, 0.1) is 11.5 Å². The van der Waals surface area contributed by atoms with Crippen molar-refractivity contribution in [3.05, 3.63) is 24.5 Å². The Morgan fingerprint density at radius 2 is 1.34 bits per heavy atom. The molecule has 0 spiro atoms. The molecule has 0 aliphatic heterocycles. The Hall–Kier alpha value is -3.71. The van der Waals surface area contributed by atoms with Crippen LogP contribution in [-0.2, 0) is 39.9 Å². The number of methoxy groups -OCH3 is 1. The van der Waals surface area contributed by atoms with Gasteiger partial charge in [-0.05, 0) is 33.6 Å². The summed E-state index contributed by atoms with van der Waals surface area (Å²) in [6.45, 7) is 9.93. The number of alkyl carbamates (subject to hydrolysis) is 1. The lowest BCUT2D eigenvalue weighted by Gasteiger charge is -2.22. The van der Waals surface area contributed by atoms with Crippen LogP contribution in [0.15, 0.2) is 29.5 Å². The van der Waals surface area contributed by atoms with Crippen molar-refractivity contribution in [3.8, 4) is 6.19 Å². The van der Waals surface area contributed by atoms with Gasteiger partial charge >= 0.3 is 12.2 Å². The van der Waals surface area contributed by atoms with Crippen molar-refractivity contribution >= 4 is 23.9 Å². The van der Waals surface area contributed by atoms with Crippen LogP contribution in [0.2, 0.25) is 0 Å². The first-order valence-electron chi connectivity index (χ1n) is 17.6. The van der Waals surface area contributed by atoms with E-state index in [1.54, 1.807) is 30.3 Å². The summed E-state index contributed by atoms with van der Waals surface area (Å²) in [7, 11) is 1.62. The van der Waals surface area contributed by atoms with Crippen LogP contribution < -0.4 is 20.5 Å². The number of hydrogen-bond acceptors (Lipinski definition) is 11. The molecule has 1 heterocycles. The highest BCUT2D eigenvalue weighted by molar-refractivity contribution is 5.95. The molecule has 0 aliphatic carbocycles. The van der Waals surface area contributed by atoms with Crippen molar-refractivity contribution in [3.63, 3.8) is 0 Å². The van der Waals surface area contributed by atoms with E-state index in [0.717, 1.165) is 44.2 Å². The van der Waals surface area contributed by atoms with Gasteiger partial charge in [-0.15, -0.1) is 4.99 Å². The van der Waals surface area contributed by atoms with Crippen molar-refractivity contribution in [1.82, 2.24) is 5.32 Å². The number of rotatable bonds is 28. The summed E-state index contributed by atoms with van der Waals surface area (Å²) >= 11 is 0.